The van der Waals surface area contributed by atoms with Crippen LogP contribution in [0.3, 0.4) is 0 Å². The molecule has 7 nitrogen and oxygen atoms in total. The molecule has 1 heterocycles. The highest BCUT2D eigenvalue weighted by Crippen LogP contribution is 2.27. The molecule has 0 aliphatic carbocycles. The van der Waals surface area contributed by atoms with Crippen molar-refractivity contribution in [2.24, 2.45) is 0 Å². The summed E-state index contributed by atoms with van der Waals surface area (Å²) in [4.78, 5) is 18.8. The molecule has 20 heavy (non-hydrogen) atoms. The van der Waals surface area contributed by atoms with Crippen LogP contribution in [0.15, 0.2) is 30.5 Å². The van der Waals surface area contributed by atoms with E-state index in [0.717, 1.165) is 0 Å². The van der Waals surface area contributed by atoms with Gasteiger partial charge in [-0.15, -0.1) is 0 Å². The van der Waals surface area contributed by atoms with Gasteiger partial charge in [0.15, 0.2) is 0 Å². The Kier molecular flexibility index (Phi) is 3.77. The first kappa shape index (κ1) is 13.3. The van der Waals surface area contributed by atoms with Crippen molar-refractivity contribution in [3.05, 3.63) is 41.7 Å². The number of aromatic carboxylic acids is 1. The third-order valence-electron chi connectivity index (χ3n) is 2.37. The van der Waals surface area contributed by atoms with Crippen molar-refractivity contribution in [2.45, 2.75) is 0 Å². The number of hydrogen-bond donors (Lipinski definition) is 1. The first-order valence-electron chi connectivity index (χ1n) is 5.46. The van der Waals surface area contributed by atoms with E-state index in [1.807, 2.05) is 6.07 Å². The van der Waals surface area contributed by atoms with Crippen molar-refractivity contribution < 1.29 is 19.4 Å². The molecule has 1 aromatic carbocycles. The van der Waals surface area contributed by atoms with Gasteiger partial charge in [0.25, 0.3) is 0 Å². The third-order valence-corrected chi connectivity index (χ3v) is 2.37. The van der Waals surface area contributed by atoms with Crippen LogP contribution in [0.25, 0.3) is 0 Å². The fraction of sp³-hybridized carbons (Fsp3) is 0.0769. The summed E-state index contributed by atoms with van der Waals surface area (Å²) in [5.74, 6) is -0.717. The van der Waals surface area contributed by atoms with Crippen LogP contribution in [0.4, 0.5) is 0 Å². The van der Waals surface area contributed by atoms with E-state index in [9.17, 15) is 4.79 Å². The smallest absolute Gasteiger partial charge is 0.339 e. The summed E-state index contributed by atoms with van der Waals surface area (Å²) in [6, 6.07) is 7.47. The van der Waals surface area contributed by atoms with Crippen molar-refractivity contribution in [3.63, 3.8) is 0 Å². The Morgan fingerprint density at radius 2 is 2.20 bits per heavy atom. The van der Waals surface area contributed by atoms with Gasteiger partial charge >= 0.3 is 12.0 Å². The number of nitrogens with zero attached hydrogens (tertiary/aromatic N) is 3. The van der Waals surface area contributed by atoms with Crippen LogP contribution in [-0.2, 0) is 0 Å². The van der Waals surface area contributed by atoms with Gasteiger partial charge in [0, 0.05) is 6.20 Å². The van der Waals surface area contributed by atoms with Crippen LogP contribution in [0.5, 0.6) is 17.5 Å². The first-order valence-corrected chi connectivity index (χ1v) is 5.46. The van der Waals surface area contributed by atoms with Crippen molar-refractivity contribution >= 4 is 5.97 Å². The molecule has 1 aromatic heterocycles. The standard InChI is InChI=1S/C13H9N3O4/c1-19-9-2-3-11(10(6-9)12(17)18)20-13-15-5-4-8(7-14)16-13/h2-6H,1H3,(H,17,18). The predicted molar refractivity (Wildman–Crippen MR) is 66.8 cm³/mol. The topological polar surface area (TPSA) is 105 Å². The number of nitriles is 1. The van der Waals surface area contributed by atoms with Gasteiger partial charge in [-0.25, -0.2) is 9.78 Å². The Labute approximate surface area is 114 Å². The second-order valence-electron chi connectivity index (χ2n) is 3.61. The van der Waals surface area contributed by atoms with Gasteiger partial charge in [-0.1, -0.05) is 0 Å². The highest BCUT2D eigenvalue weighted by Gasteiger charge is 2.14. The van der Waals surface area contributed by atoms with Crippen LogP contribution < -0.4 is 9.47 Å². The molecule has 2 rings (SSSR count). The molecule has 0 aliphatic heterocycles. The second kappa shape index (κ2) is 5.67. The van der Waals surface area contributed by atoms with Crippen LogP contribution >= 0.6 is 0 Å². The molecular weight excluding hydrogens is 262 g/mol. The molecule has 0 spiro atoms. The quantitative estimate of drug-likeness (QED) is 0.904. The second-order valence-corrected chi connectivity index (χ2v) is 3.61. The van der Waals surface area contributed by atoms with Crippen LogP contribution in [0.1, 0.15) is 16.1 Å². The number of methoxy groups -OCH3 is 1. The lowest BCUT2D eigenvalue weighted by Crippen LogP contribution is -2.02. The highest BCUT2D eigenvalue weighted by atomic mass is 16.5. The molecule has 2 aromatic rings. The van der Waals surface area contributed by atoms with E-state index < -0.39 is 5.97 Å². The Hall–Kier alpha value is -3.14. The molecule has 7 heteroatoms. The minimum atomic E-state index is -1.17. The van der Waals surface area contributed by atoms with Crippen LogP contribution in [0, 0.1) is 11.3 Å². The SMILES string of the molecule is COc1ccc(Oc2nccc(C#N)n2)c(C(=O)O)c1. The van der Waals surface area contributed by atoms with Crippen molar-refractivity contribution in [1.29, 1.82) is 5.26 Å². The fourth-order valence-corrected chi connectivity index (χ4v) is 1.44. The van der Waals surface area contributed by atoms with E-state index >= 15 is 0 Å². The van der Waals surface area contributed by atoms with Crippen LogP contribution in [0.2, 0.25) is 0 Å². The monoisotopic (exact) mass is 271 g/mol. The summed E-state index contributed by atoms with van der Waals surface area (Å²) in [6.07, 6.45) is 1.35. The number of carboxylic acid groups (broad SMARTS) is 1. The number of carboxylic acids is 1. The van der Waals surface area contributed by atoms with E-state index in [2.05, 4.69) is 9.97 Å². The number of rotatable bonds is 4. The van der Waals surface area contributed by atoms with E-state index in [1.54, 1.807) is 6.07 Å². The maximum absolute atomic E-state index is 11.2. The third kappa shape index (κ3) is 2.81. The minimum absolute atomic E-state index is 0.0633. The lowest BCUT2D eigenvalue weighted by Gasteiger charge is -2.08. The van der Waals surface area contributed by atoms with Gasteiger partial charge in [-0.3, -0.25) is 0 Å². The maximum atomic E-state index is 11.2. The van der Waals surface area contributed by atoms with Gasteiger partial charge in [-0.2, -0.15) is 10.2 Å². The van der Waals surface area contributed by atoms with E-state index in [4.69, 9.17) is 19.8 Å². The summed E-state index contributed by atoms with van der Waals surface area (Å²) in [5, 5.41) is 17.9. The van der Waals surface area contributed by atoms with E-state index in [0.29, 0.717) is 5.75 Å². The zero-order chi connectivity index (χ0) is 14.5. The number of aromatic nitrogens is 2. The highest BCUT2D eigenvalue weighted by molar-refractivity contribution is 5.91. The maximum Gasteiger partial charge on any atom is 0.339 e. The molecule has 0 saturated carbocycles. The van der Waals surface area contributed by atoms with Crippen molar-refractivity contribution in [3.8, 4) is 23.6 Å². The summed E-state index contributed by atoms with van der Waals surface area (Å²) >= 11 is 0. The molecule has 1 N–H and O–H groups in total. The summed E-state index contributed by atoms with van der Waals surface area (Å²) in [5.41, 5.74) is 0.0377. The minimum Gasteiger partial charge on any atom is -0.497 e. The van der Waals surface area contributed by atoms with Crippen molar-refractivity contribution in [2.75, 3.05) is 7.11 Å². The lowest BCUT2D eigenvalue weighted by atomic mass is 10.2. The molecule has 0 amide bonds. The average Bonchev–Trinajstić information content (AvgIpc) is 2.47. The van der Waals surface area contributed by atoms with Gasteiger partial charge in [0.1, 0.15) is 28.8 Å². The van der Waals surface area contributed by atoms with Crippen molar-refractivity contribution in [1.82, 2.24) is 9.97 Å². The predicted octanol–water partition coefficient (Wildman–Crippen LogP) is 1.85. The molecular formula is C13H9N3O4. The number of carbonyl (C=O) groups is 1. The number of ether oxygens (including phenoxy) is 2. The first-order chi connectivity index (χ1) is 9.63. The molecule has 0 radical (unpaired) electrons. The van der Waals surface area contributed by atoms with Gasteiger partial charge in [0.2, 0.25) is 0 Å². The lowest BCUT2D eigenvalue weighted by molar-refractivity contribution is 0.0693. The number of hydrogen-bond acceptors (Lipinski definition) is 6. The van der Waals surface area contributed by atoms with Gasteiger partial charge in [-0.05, 0) is 24.3 Å². The molecule has 0 unspecified atom stereocenters. The molecule has 0 aliphatic rings. The normalized spacial score (nSPS) is 9.60. The summed E-state index contributed by atoms with van der Waals surface area (Å²) in [6.45, 7) is 0. The largest absolute Gasteiger partial charge is 0.497 e. The Bertz CT molecular complexity index is 694. The zero-order valence-corrected chi connectivity index (χ0v) is 10.4. The molecule has 0 saturated heterocycles. The van der Waals surface area contributed by atoms with E-state index in [-0.39, 0.29) is 23.0 Å². The summed E-state index contributed by atoms with van der Waals surface area (Å²) in [7, 11) is 1.43. The molecule has 0 bridgehead atoms. The number of benzene rings is 1. The van der Waals surface area contributed by atoms with Gasteiger partial charge in [0.05, 0.1) is 7.11 Å². The zero-order valence-electron chi connectivity index (χ0n) is 10.4. The Balaban J connectivity index is 2.37. The van der Waals surface area contributed by atoms with E-state index in [1.165, 1.54) is 31.5 Å². The van der Waals surface area contributed by atoms with Crippen LogP contribution in [-0.4, -0.2) is 28.2 Å². The fourth-order valence-electron chi connectivity index (χ4n) is 1.44. The Morgan fingerprint density at radius 1 is 1.40 bits per heavy atom. The summed E-state index contributed by atoms with van der Waals surface area (Å²) < 4.78 is 10.3. The Morgan fingerprint density at radius 3 is 2.85 bits per heavy atom. The molecule has 0 fully saturated rings. The van der Waals surface area contributed by atoms with Gasteiger partial charge < -0.3 is 14.6 Å². The molecule has 0 atom stereocenters. The average molecular weight is 271 g/mol. The molecule has 100 valence electrons.